The quantitative estimate of drug-likeness (QED) is 0.441. The highest BCUT2D eigenvalue weighted by Crippen LogP contribution is 2.37. The molecule has 0 unspecified atom stereocenters. The molecule has 1 heterocycles. The summed E-state index contributed by atoms with van der Waals surface area (Å²) in [5.41, 5.74) is 1.89. The Labute approximate surface area is 138 Å². The molecule has 116 valence electrons. The van der Waals surface area contributed by atoms with Crippen molar-refractivity contribution in [2.45, 2.75) is 25.0 Å². The Bertz CT molecular complexity index is 675. The van der Waals surface area contributed by atoms with Crippen LogP contribution in [0.2, 0.25) is 0 Å². The number of ketones is 1. The lowest BCUT2D eigenvalue weighted by Gasteiger charge is -2.04. The number of thioether (sulfide) groups is 1. The molecule has 0 spiro atoms. The molecule has 2 aromatic rings. The summed E-state index contributed by atoms with van der Waals surface area (Å²) in [6, 6.07) is 9.13. The van der Waals surface area contributed by atoms with Crippen LogP contribution in [0.1, 0.15) is 45.0 Å². The van der Waals surface area contributed by atoms with Crippen LogP contribution in [0.5, 0.6) is 0 Å². The lowest BCUT2D eigenvalue weighted by molar-refractivity contribution is 0.0522. The molecule has 2 rings (SSSR count). The van der Waals surface area contributed by atoms with Crippen molar-refractivity contribution in [3.63, 3.8) is 0 Å². The van der Waals surface area contributed by atoms with Gasteiger partial charge in [-0.3, -0.25) is 4.79 Å². The fraction of sp³-hybridized carbons (Fsp3) is 0.294. The van der Waals surface area contributed by atoms with Crippen molar-refractivity contribution in [2.24, 2.45) is 0 Å². The highest BCUT2D eigenvalue weighted by Gasteiger charge is 2.25. The molecule has 1 aromatic carbocycles. The minimum absolute atomic E-state index is 0.0448. The average Bonchev–Trinajstić information content (AvgIpc) is 2.84. The summed E-state index contributed by atoms with van der Waals surface area (Å²) in [4.78, 5) is 25.5. The van der Waals surface area contributed by atoms with Crippen LogP contribution in [0.4, 0.5) is 0 Å². The normalized spacial score (nSPS) is 10.5. The molecular weight excluding hydrogens is 316 g/mol. The van der Waals surface area contributed by atoms with Crippen molar-refractivity contribution in [1.29, 1.82) is 0 Å². The molecule has 0 atom stereocenters. The van der Waals surface area contributed by atoms with Gasteiger partial charge >= 0.3 is 5.97 Å². The van der Waals surface area contributed by atoms with E-state index in [1.54, 1.807) is 30.8 Å². The molecule has 0 amide bonds. The van der Waals surface area contributed by atoms with Crippen LogP contribution in [0, 0.1) is 6.92 Å². The Balaban J connectivity index is 2.47. The van der Waals surface area contributed by atoms with Crippen LogP contribution in [-0.4, -0.2) is 24.1 Å². The van der Waals surface area contributed by atoms with E-state index in [4.69, 9.17) is 4.74 Å². The first-order valence-corrected chi connectivity index (χ1v) is 8.93. The van der Waals surface area contributed by atoms with Gasteiger partial charge in [0, 0.05) is 5.56 Å². The summed E-state index contributed by atoms with van der Waals surface area (Å²) in [6.45, 7) is 5.95. The number of ether oxygens (including phenoxy) is 1. The average molecular weight is 334 g/mol. The second-order valence-electron chi connectivity index (χ2n) is 4.57. The van der Waals surface area contributed by atoms with Gasteiger partial charge in [0.05, 0.1) is 21.3 Å². The van der Waals surface area contributed by atoms with Gasteiger partial charge in [-0.15, -0.1) is 23.1 Å². The first-order valence-electron chi connectivity index (χ1n) is 7.13. The van der Waals surface area contributed by atoms with Gasteiger partial charge in [-0.05, 0) is 25.2 Å². The predicted molar refractivity (Wildman–Crippen MR) is 91.3 cm³/mol. The molecule has 0 bridgehead atoms. The van der Waals surface area contributed by atoms with Gasteiger partial charge in [-0.2, -0.15) is 0 Å². The van der Waals surface area contributed by atoms with Crippen LogP contribution in [0.3, 0.4) is 0 Å². The maximum Gasteiger partial charge on any atom is 0.340 e. The molecule has 22 heavy (non-hydrogen) atoms. The van der Waals surface area contributed by atoms with Crippen molar-refractivity contribution >= 4 is 34.9 Å². The van der Waals surface area contributed by atoms with E-state index in [9.17, 15) is 9.59 Å². The van der Waals surface area contributed by atoms with E-state index >= 15 is 0 Å². The Morgan fingerprint density at radius 1 is 1.18 bits per heavy atom. The zero-order valence-corrected chi connectivity index (χ0v) is 14.5. The van der Waals surface area contributed by atoms with Crippen LogP contribution in [0.25, 0.3) is 0 Å². The second-order valence-corrected chi connectivity index (χ2v) is 7.12. The standard InChI is InChI=1S/C17H18O3S2/c1-4-20-16(19)13-11(3)15(22-17(13)21-5-2)14(18)12-9-7-6-8-10-12/h6-10H,4-5H2,1-3H3. The summed E-state index contributed by atoms with van der Waals surface area (Å²) in [5, 5.41) is 0. The number of esters is 1. The maximum atomic E-state index is 12.7. The molecule has 0 saturated heterocycles. The zero-order chi connectivity index (χ0) is 16.1. The molecule has 3 nitrogen and oxygen atoms in total. The van der Waals surface area contributed by atoms with Gasteiger partial charge in [-0.1, -0.05) is 37.3 Å². The molecule has 0 saturated carbocycles. The summed E-state index contributed by atoms with van der Waals surface area (Å²) in [7, 11) is 0. The molecule has 0 aliphatic carbocycles. The lowest BCUT2D eigenvalue weighted by atomic mass is 10.1. The van der Waals surface area contributed by atoms with E-state index in [2.05, 4.69) is 0 Å². The number of hydrogen-bond donors (Lipinski definition) is 0. The number of hydrogen-bond acceptors (Lipinski definition) is 5. The number of carbonyl (C=O) groups is 2. The topological polar surface area (TPSA) is 43.4 Å². The molecule has 0 radical (unpaired) electrons. The van der Waals surface area contributed by atoms with Crippen molar-refractivity contribution < 1.29 is 14.3 Å². The molecular formula is C17H18O3S2. The second kappa shape index (κ2) is 7.61. The highest BCUT2D eigenvalue weighted by molar-refractivity contribution is 8.01. The Hall–Kier alpha value is -1.59. The molecule has 1 aromatic heterocycles. The number of thiophene rings is 1. The van der Waals surface area contributed by atoms with E-state index in [1.807, 2.05) is 32.0 Å². The first-order chi connectivity index (χ1) is 10.6. The Morgan fingerprint density at radius 2 is 1.86 bits per heavy atom. The van der Waals surface area contributed by atoms with E-state index in [0.717, 1.165) is 9.96 Å². The Kier molecular flexibility index (Phi) is 5.80. The number of carbonyl (C=O) groups excluding carboxylic acids is 2. The minimum atomic E-state index is -0.348. The van der Waals surface area contributed by atoms with Gasteiger partial charge in [0.25, 0.3) is 0 Å². The summed E-state index contributed by atoms with van der Waals surface area (Å²) >= 11 is 2.95. The third kappa shape index (κ3) is 3.42. The smallest absolute Gasteiger partial charge is 0.340 e. The SMILES string of the molecule is CCOC(=O)c1c(SCC)sc(C(=O)c2ccccc2)c1C. The van der Waals surface area contributed by atoms with Crippen LogP contribution < -0.4 is 0 Å². The van der Waals surface area contributed by atoms with Crippen molar-refractivity contribution in [1.82, 2.24) is 0 Å². The summed E-state index contributed by atoms with van der Waals surface area (Å²) in [5.74, 6) is 0.446. The maximum absolute atomic E-state index is 12.7. The fourth-order valence-corrected chi connectivity index (χ4v) is 4.57. The van der Waals surface area contributed by atoms with Gasteiger partial charge in [-0.25, -0.2) is 4.79 Å². The van der Waals surface area contributed by atoms with Crippen molar-refractivity contribution in [3.8, 4) is 0 Å². The van der Waals surface area contributed by atoms with E-state index in [-0.39, 0.29) is 11.8 Å². The third-order valence-electron chi connectivity index (χ3n) is 3.11. The molecule has 0 N–H and O–H groups in total. The number of benzene rings is 1. The van der Waals surface area contributed by atoms with Gasteiger partial charge in [0.2, 0.25) is 5.78 Å². The molecule has 0 fully saturated rings. The minimum Gasteiger partial charge on any atom is -0.462 e. The lowest BCUT2D eigenvalue weighted by Crippen LogP contribution is -2.07. The van der Waals surface area contributed by atoms with Crippen LogP contribution >= 0.6 is 23.1 Å². The van der Waals surface area contributed by atoms with E-state index < -0.39 is 0 Å². The van der Waals surface area contributed by atoms with E-state index in [0.29, 0.717) is 28.2 Å². The predicted octanol–water partition coefficient (Wildman–Crippen LogP) is 4.58. The van der Waals surface area contributed by atoms with Gasteiger partial charge < -0.3 is 4.74 Å². The first kappa shape index (κ1) is 16.8. The van der Waals surface area contributed by atoms with Gasteiger partial charge in [0.15, 0.2) is 0 Å². The third-order valence-corrected chi connectivity index (χ3v) is 5.56. The van der Waals surface area contributed by atoms with Crippen molar-refractivity contribution in [3.05, 3.63) is 51.9 Å². The van der Waals surface area contributed by atoms with Crippen LogP contribution in [0.15, 0.2) is 34.5 Å². The Morgan fingerprint density at radius 3 is 2.45 bits per heavy atom. The molecule has 5 heteroatoms. The molecule has 0 aliphatic rings. The number of rotatable bonds is 6. The fourth-order valence-electron chi connectivity index (χ4n) is 2.10. The zero-order valence-electron chi connectivity index (χ0n) is 12.8. The van der Waals surface area contributed by atoms with Crippen LogP contribution in [-0.2, 0) is 4.74 Å². The van der Waals surface area contributed by atoms with Gasteiger partial charge in [0.1, 0.15) is 0 Å². The summed E-state index contributed by atoms with van der Waals surface area (Å²) < 4.78 is 6.00. The summed E-state index contributed by atoms with van der Waals surface area (Å²) in [6.07, 6.45) is 0. The van der Waals surface area contributed by atoms with E-state index in [1.165, 1.54) is 11.3 Å². The van der Waals surface area contributed by atoms with Crippen molar-refractivity contribution in [2.75, 3.05) is 12.4 Å². The largest absolute Gasteiger partial charge is 0.462 e. The monoisotopic (exact) mass is 334 g/mol. The molecule has 0 aliphatic heterocycles. The highest BCUT2D eigenvalue weighted by atomic mass is 32.2.